The Hall–Kier alpha value is -1.83. The second kappa shape index (κ2) is 3.73. The van der Waals surface area contributed by atoms with Crippen molar-refractivity contribution in [1.29, 1.82) is 0 Å². The number of hydrogen-bond donors (Lipinski definition) is 1. The van der Waals surface area contributed by atoms with Crippen molar-refractivity contribution in [3.8, 4) is 11.3 Å². The van der Waals surface area contributed by atoms with Crippen molar-refractivity contribution in [2.75, 3.05) is 5.73 Å². The van der Waals surface area contributed by atoms with Crippen molar-refractivity contribution < 1.29 is 0 Å². The van der Waals surface area contributed by atoms with Gasteiger partial charge in [-0.2, -0.15) is 0 Å². The molecule has 1 aromatic heterocycles. The third kappa shape index (κ3) is 1.84. The minimum Gasteiger partial charge on any atom is -0.384 e. The molecule has 0 amide bonds. The van der Waals surface area contributed by atoms with Crippen LogP contribution < -0.4 is 5.73 Å². The van der Waals surface area contributed by atoms with Gasteiger partial charge in [-0.15, -0.1) is 0 Å². The van der Waals surface area contributed by atoms with Crippen molar-refractivity contribution in [2.45, 2.75) is 13.8 Å². The molecule has 76 valence electrons. The van der Waals surface area contributed by atoms with Crippen LogP contribution in [0.3, 0.4) is 0 Å². The Bertz CT molecular complexity index is 490. The zero-order valence-corrected chi connectivity index (χ0v) is 8.99. The van der Waals surface area contributed by atoms with E-state index in [1.807, 2.05) is 18.2 Å². The predicted octanol–water partition coefficient (Wildman–Crippen LogP) is 2.95. The Kier molecular flexibility index (Phi) is 2.42. The van der Waals surface area contributed by atoms with Crippen LogP contribution in [0.4, 0.5) is 5.82 Å². The maximum atomic E-state index is 5.67. The van der Waals surface area contributed by atoms with Gasteiger partial charge < -0.3 is 5.73 Å². The summed E-state index contributed by atoms with van der Waals surface area (Å²) in [7, 11) is 0. The van der Waals surface area contributed by atoms with Crippen LogP contribution in [0.2, 0.25) is 0 Å². The lowest BCUT2D eigenvalue weighted by molar-refractivity contribution is 1.28. The lowest BCUT2D eigenvalue weighted by Gasteiger charge is -2.08. The maximum Gasteiger partial charge on any atom is 0.124 e. The first kappa shape index (κ1) is 9.71. The van der Waals surface area contributed by atoms with Crippen molar-refractivity contribution in [2.24, 2.45) is 0 Å². The average Bonchev–Trinajstić information content (AvgIpc) is 2.22. The fourth-order valence-electron chi connectivity index (χ4n) is 1.63. The van der Waals surface area contributed by atoms with Crippen molar-refractivity contribution in [3.63, 3.8) is 0 Å². The van der Waals surface area contributed by atoms with E-state index in [4.69, 9.17) is 5.73 Å². The van der Waals surface area contributed by atoms with E-state index in [9.17, 15) is 0 Å². The Labute approximate surface area is 89.8 Å². The second-order valence-corrected chi connectivity index (χ2v) is 3.70. The number of nitrogens with two attached hydrogens (primary N) is 1. The Balaban J connectivity index is 2.59. The van der Waals surface area contributed by atoms with Crippen molar-refractivity contribution in [3.05, 3.63) is 47.5 Å². The number of aromatic nitrogens is 1. The fraction of sp³-hybridized carbons (Fsp3) is 0.154. The number of hydrogen-bond acceptors (Lipinski definition) is 2. The molecule has 2 N–H and O–H groups in total. The molecule has 2 aromatic rings. The van der Waals surface area contributed by atoms with E-state index in [1.54, 1.807) is 6.07 Å². The first-order valence-corrected chi connectivity index (χ1v) is 4.97. The topological polar surface area (TPSA) is 38.9 Å². The summed E-state index contributed by atoms with van der Waals surface area (Å²) >= 11 is 0. The number of benzene rings is 1. The number of nitrogen functional groups attached to an aromatic ring is 1. The summed E-state index contributed by atoms with van der Waals surface area (Å²) in [4.78, 5) is 4.32. The summed E-state index contributed by atoms with van der Waals surface area (Å²) in [6.07, 6.45) is 0. The molecule has 1 aromatic carbocycles. The van der Waals surface area contributed by atoms with Gasteiger partial charge in [-0.05, 0) is 37.1 Å². The largest absolute Gasteiger partial charge is 0.384 e. The van der Waals surface area contributed by atoms with Gasteiger partial charge in [0, 0.05) is 5.56 Å². The normalized spacial score (nSPS) is 10.3. The van der Waals surface area contributed by atoms with E-state index < -0.39 is 0 Å². The van der Waals surface area contributed by atoms with Gasteiger partial charge in [0.2, 0.25) is 0 Å². The standard InChI is InChI=1S/C13H14N2/c1-9-5-3-6-11(10(9)2)12-7-4-8-13(14)15-12/h3-8H,1-2H3,(H2,14,15). The quantitative estimate of drug-likeness (QED) is 0.765. The molecule has 0 bridgehead atoms. The summed E-state index contributed by atoms with van der Waals surface area (Å²) in [5.74, 6) is 0.563. The number of pyridine rings is 1. The van der Waals surface area contributed by atoms with Crippen molar-refractivity contribution in [1.82, 2.24) is 4.98 Å². The molecule has 2 rings (SSSR count). The van der Waals surface area contributed by atoms with Crippen LogP contribution >= 0.6 is 0 Å². The smallest absolute Gasteiger partial charge is 0.124 e. The van der Waals surface area contributed by atoms with Crippen LogP contribution in [0.5, 0.6) is 0 Å². The van der Waals surface area contributed by atoms with E-state index in [2.05, 4.69) is 31.0 Å². The van der Waals surface area contributed by atoms with Gasteiger partial charge in [-0.25, -0.2) is 4.98 Å². The van der Waals surface area contributed by atoms with E-state index in [1.165, 1.54) is 11.1 Å². The van der Waals surface area contributed by atoms with Gasteiger partial charge in [0.25, 0.3) is 0 Å². The number of anilines is 1. The molecule has 0 aliphatic rings. The molecular formula is C13H14N2. The molecule has 0 unspecified atom stereocenters. The summed E-state index contributed by atoms with van der Waals surface area (Å²) in [6.45, 7) is 4.21. The minimum absolute atomic E-state index is 0.563. The number of rotatable bonds is 1. The Morgan fingerprint density at radius 3 is 2.47 bits per heavy atom. The van der Waals surface area contributed by atoms with Crippen LogP contribution in [-0.2, 0) is 0 Å². The van der Waals surface area contributed by atoms with Crippen LogP contribution in [0.25, 0.3) is 11.3 Å². The summed E-state index contributed by atoms with van der Waals surface area (Å²) in [5.41, 5.74) is 10.3. The molecule has 2 nitrogen and oxygen atoms in total. The molecule has 0 aliphatic heterocycles. The highest BCUT2D eigenvalue weighted by Gasteiger charge is 2.04. The summed E-state index contributed by atoms with van der Waals surface area (Å²) < 4.78 is 0. The second-order valence-electron chi connectivity index (χ2n) is 3.70. The Morgan fingerprint density at radius 2 is 1.73 bits per heavy atom. The molecule has 0 saturated heterocycles. The minimum atomic E-state index is 0.563. The molecule has 2 heteroatoms. The lowest BCUT2D eigenvalue weighted by atomic mass is 10.0. The van der Waals surface area contributed by atoms with Gasteiger partial charge >= 0.3 is 0 Å². The molecule has 0 saturated carbocycles. The molecule has 15 heavy (non-hydrogen) atoms. The van der Waals surface area contributed by atoms with E-state index in [0.29, 0.717) is 5.82 Å². The van der Waals surface area contributed by atoms with E-state index in [-0.39, 0.29) is 0 Å². The molecule has 0 atom stereocenters. The van der Waals surface area contributed by atoms with Gasteiger partial charge in [0.05, 0.1) is 5.69 Å². The van der Waals surface area contributed by atoms with Gasteiger partial charge in [0.1, 0.15) is 5.82 Å². The third-order valence-electron chi connectivity index (χ3n) is 2.65. The summed E-state index contributed by atoms with van der Waals surface area (Å²) in [5, 5.41) is 0. The molecule has 0 aliphatic carbocycles. The maximum absolute atomic E-state index is 5.67. The van der Waals surface area contributed by atoms with Crippen LogP contribution in [-0.4, -0.2) is 4.98 Å². The Morgan fingerprint density at radius 1 is 1.00 bits per heavy atom. The molecular weight excluding hydrogens is 184 g/mol. The van der Waals surface area contributed by atoms with Gasteiger partial charge in [0.15, 0.2) is 0 Å². The summed E-state index contributed by atoms with van der Waals surface area (Å²) in [6, 6.07) is 11.9. The van der Waals surface area contributed by atoms with E-state index >= 15 is 0 Å². The third-order valence-corrected chi connectivity index (χ3v) is 2.65. The molecule has 1 heterocycles. The SMILES string of the molecule is Cc1cccc(-c2cccc(N)n2)c1C. The van der Waals surface area contributed by atoms with E-state index in [0.717, 1.165) is 11.3 Å². The fourth-order valence-corrected chi connectivity index (χ4v) is 1.63. The van der Waals surface area contributed by atoms with Crippen LogP contribution in [0.1, 0.15) is 11.1 Å². The predicted molar refractivity (Wildman–Crippen MR) is 63.6 cm³/mol. The lowest BCUT2D eigenvalue weighted by Crippen LogP contribution is -1.93. The number of aryl methyl sites for hydroxylation is 1. The van der Waals surface area contributed by atoms with Gasteiger partial charge in [-0.3, -0.25) is 0 Å². The first-order valence-electron chi connectivity index (χ1n) is 4.97. The van der Waals surface area contributed by atoms with Crippen molar-refractivity contribution >= 4 is 5.82 Å². The van der Waals surface area contributed by atoms with Crippen LogP contribution in [0.15, 0.2) is 36.4 Å². The monoisotopic (exact) mass is 198 g/mol. The highest BCUT2D eigenvalue weighted by molar-refractivity contribution is 5.66. The average molecular weight is 198 g/mol. The molecule has 0 spiro atoms. The zero-order valence-electron chi connectivity index (χ0n) is 8.99. The number of nitrogens with zero attached hydrogens (tertiary/aromatic N) is 1. The first-order chi connectivity index (χ1) is 7.18. The van der Waals surface area contributed by atoms with Gasteiger partial charge in [-0.1, -0.05) is 24.3 Å². The van der Waals surface area contributed by atoms with Crippen LogP contribution in [0, 0.1) is 13.8 Å². The zero-order chi connectivity index (χ0) is 10.8. The molecule has 0 radical (unpaired) electrons. The highest BCUT2D eigenvalue weighted by atomic mass is 14.8. The highest BCUT2D eigenvalue weighted by Crippen LogP contribution is 2.23. The molecule has 0 fully saturated rings.